The van der Waals surface area contributed by atoms with Gasteiger partial charge in [0.25, 0.3) is 5.91 Å². The maximum absolute atomic E-state index is 11.7. The Morgan fingerprint density at radius 2 is 1.94 bits per heavy atom. The molecule has 0 saturated carbocycles. The number of H-pyrrole nitrogens is 2. The van der Waals surface area contributed by atoms with Gasteiger partial charge in [0.2, 0.25) is 5.91 Å². The molecule has 11 nitrogen and oxygen atoms in total. The summed E-state index contributed by atoms with van der Waals surface area (Å²) >= 11 is 0. The van der Waals surface area contributed by atoms with Crippen LogP contribution in [0.1, 0.15) is 23.7 Å². The van der Waals surface area contributed by atoms with Gasteiger partial charge in [-0.25, -0.2) is 15.0 Å². The van der Waals surface area contributed by atoms with Crippen LogP contribution in [0.5, 0.6) is 0 Å². The van der Waals surface area contributed by atoms with E-state index in [1.165, 1.54) is 6.20 Å². The van der Waals surface area contributed by atoms with Crippen molar-refractivity contribution in [2.75, 3.05) is 5.32 Å². The van der Waals surface area contributed by atoms with Crippen molar-refractivity contribution in [3.63, 3.8) is 0 Å². The van der Waals surface area contributed by atoms with Gasteiger partial charge in [0.05, 0.1) is 22.7 Å². The Labute approximate surface area is 180 Å². The number of rotatable bonds is 5. The Kier molecular flexibility index (Phi) is 4.55. The number of aromatic nitrogens is 7. The van der Waals surface area contributed by atoms with Gasteiger partial charge in [-0.15, -0.1) is 0 Å². The van der Waals surface area contributed by atoms with E-state index in [1.807, 2.05) is 12.1 Å². The van der Waals surface area contributed by atoms with Crippen molar-refractivity contribution in [1.29, 1.82) is 0 Å². The molecule has 0 saturated heterocycles. The van der Waals surface area contributed by atoms with E-state index in [0.29, 0.717) is 40.4 Å². The first kappa shape index (κ1) is 19.3. The summed E-state index contributed by atoms with van der Waals surface area (Å²) in [7, 11) is 0. The average Bonchev–Trinajstić information content (AvgIpc) is 3.42. The molecule has 0 aliphatic heterocycles. The second-order valence-electron chi connectivity index (χ2n) is 7.06. The molecule has 0 aliphatic rings. The van der Waals surface area contributed by atoms with E-state index in [-0.39, 0.29) is 11.5 Å². The van der Waals surface area contributed by atoms with Crippen molar-refractivity contribution < 1.29 is 9.59 Å². The second kappa shape index (κ2) is 7.54. The van der Waals surface area contributed by atoms with Gasteiger partial charge in [-0.3, -0.25) is 19.7 Å². The largest absolute Gasteiger partial charge is 0.365 e. The average molecular weight is 427 g/mol. The van der Waals surface area contributed by atoms with Crippen molar-refractivity contribution in [3.8, 4) is 22.6 Å². The predicted octanol–water partition coefficient (Wildman–Crippen LogP) is 2.41. The maximum Gasteiger partial charge on any atom is 0.252 e. The van der Waals surface area contributed by atoms with Crippen molar-refractivity contribution in [2.45, 2.75) is 13.3 Å². The normalized spacial score (nSPS) is 11.2. The highest BCUT2D eigenvalue weighted by Crippen LogP contribution is 2.29. The summed E-state index contributed by atoms with van der Waals surface area (Å²) in [4.78, 5) is 43.6. The van der Waals surface area contributed by atoms with Gasteiger partial charge in [0.15, 0.2) is 11.5 Å². The fourth-order valence-electron chi connectivity index (χ4n) is 3.34. The minimum atomic E-state index is -0.608. The summed E-state index contributed by atoms with van der Waals surface area (Å²) in [6.45, 7) is 1.78. The molecule has 5 N–H and O–H groups in total. The van der Waals surface area contributed by atoms with Gasteiger partial charge in [0, 0.05) is 36.1 Å². The van der Waals surface area contributed by atoms with E-state index in [9.17, 15) is 9.59 Å². The number of imidazole rings is 1. The van der Waals surface area contributed by atoms with Gasteiger partial charge in [-0.2, -0.15) is 5.10 Å². The molecule has 2 amide bonds. The van der Waals surface area contributed by atoms with Crippen LogP contribution in [0.4, 0.5) is 5.82 Å². The second-order valence-corrected chi connectivity index (χ2v) is 7.06. The SMILES string of the molecule is CCC(=O)Nc1ccc(-c2cnc3[nH]nc(-c4nc5c(C(N)=O)cncc5[nH]4)c3c2)cn1. The first-order valence-electron chi connectivity index (χ1n) is 9.77. The summed E-state index contributed by atoms with van der Waals surface area (Å²) < 4.78 is 0. The molecule has 0 fully saturated rings. The number of carbonyl (C=O) groups is 2. The van der Waals surface area contributed by atoms with E-state index in [0.717, 1.165) is 16.5 Å². The predicted molar refractivity (Wildman–Crippen MR) is 117 cm³/mol. The van der Waals surface area contributed by atoms with Crippen LogP contribution in [-0.2, 0) is 4.79 Å². The molecule has 5 aromatic heterocycles. The number of anilines is 1. The third-order valence-corrected chi connectivity index (χ3v) is 4.99. The minimum Gasteiger partial charge on any atom is -0.365 e. The zero-order valence-corrected chi connectivity index (χ0v) is 16.9. The molecule has 5 aromatic rings. The number of nitrogens with two attached hydrogens (primary N) is 1. The number of primary amides is 1. The summed E-state index contributed by atoms with van der Waals surface area (Å²) in [5.74, 6) is 0.233. The molecule has 5 heterocycles. The number of hydrogen-bond acceptors (Lipinski definition) is 7. The van der Waals surface area contributed by atoms with Crippen LogP contribution in [0.3, 0.4) is 0 Å². The molecule has 0 atom stereocenters. The molecule has 0 radical (unpaired) electrons. The van der Waals surface area contributed by atoms with Crippen LogP contribution >= 0.6 is 0 Å². The molecule has 32 heavy (non-hydrogen) atoms. The smallest absolute Gasteiger partial charge is 0.252 e. The van der Waals surface area contributed by atoms with Crippen LogP contribution in [0.2, 0.25) is 0 Å². The molecular formula is C21H17N9O2. The quantitative estimate of drug-likeness (QED) is 0.334. The standard InChI is InChI=1S/C21H17N9O2/c1-2-16(31)27-15-4-3-10(6-24-15)11-5-12-18(29-30-20(12)25-7-11)21-26-14-9-23-8-13(19(22)32)17(14)28-21/h3-9H,2H2,1H3,(H2,22,32)(H,26,28)(H,24,27,31)(H,25,29,30). The molecule has 0 spiro atoms. The molecule has 11 heteroatoms. The summed E-state index contributed by atoms with van der Waals surface area (Å²) in [6, 6.07) is 5.51. The molecule has 5 rings (SSSR count). The summed E-state index contributed by atoms with van der Waals surface area (Å²) in [5.41, 5.74) is 9.43. The zero-order chi connectivity index (χ0) is 22.2. The van der Waals surface area contributed by atoms with Crippen molar-refractivity contribution in [3.05, 3.63) is 48.5 Å². The number of fused-ring (bicyclic) bond motifs is 2. The Morgan fingerprint density at radius 3 is 2.69 bits per heavy atom. The first-order chi connectivity index (χ1) is 15.5. The number of aromatic amines is 2. The van der Waals surface area contributed by atoms with E-state index in [2.05, 4.69) is 40.4 Å². The van der Waals surface area contributed by atoms with Crippen molar-refractivity contribution in [2.24, 2.45) is 5.73 Å². The number of pyridine rings is 3. The number of nitrogens with one attached hydrogen (secondary N) is 3. The van der Waals surface area contributed by atoms with Gasteiger partial charge < -0.3 is 16.0 Å². The minimum absolute atomic E-state index is 0.100. The lowest BCUT2D eigenvalue weighted by Crippen LogP contribution is -2.11. The first-order valence-corrected chi connectivity index (χ1v) is 9.77. The fraction of sp³-hybridized carbons (Fsp3) is 0.0952. The lowest BCUT2D eigenvalue weighted by atomic mass is 10.1. The number of nitrogens with zero attached hydrogens (tertiary/aromatic N) is 5. The van der Waals surface area contributed by atoms with Crippen LogP contribution in [-0.4, -0.2) is 46.9 Å². The number of hydrogen-bond donors (Lipinski definition) is 4. The van der Waals surface area contributed by atoms with E-state index in [4.69, 9.17) is 5.73 Å². The van der Waals surface area contributed by atoms with E-state index < -0.39 is 5.91 Å². The third kappa shape index (κ3) is 3.31. The maximum atomic E-state index is 11.7. The molecular weight excluding hydrogens is 410 g/mol. The zero-order valence-electron chi connectivity index (χ0n) is 16.9. The summed E-state index contributed by atoms with van der Waals surface area (Å²) in [5, 5.41) is 10.7. The Hall–Kier alpha value is -4.67. The molecule has 158 valence electrons. The molecule has 0 bridgehead atoms. The van der Waals surface area contributed by atoms with E-state index >= 15 is 0 Å². The highest BCUT2D eigenvalue weighted by atomic mass is 16.2. The topological polar surface area (TPSA) is 168 Å². The molecule has 0 unspecified atom stereocenters. The van der Waals surface area contributed by atoms with Gasteiger partial charge in [-0.05, 0) is 18.2 Å². The van der Waals surface area contributed by atoms with Crippen LogP contribution in [0.25, 0.3) is 44.7 Å². The number of amides is 2. The highest BCUT2D eigenvalue weighted by molar-refractivity contribution is 6.04. The van der Waals surface area contributed by atoms with Crippen molar-refractivity contribution in [1.82, 2.24) is 35.1 Å². The lowest BCUT2D eigenvalue weighted by Gasteiger charge is -2.05. The van der Waals surface area contributed by atoms with Gasteiger partial charge in [0.1, 0.15) is 17.0 Å². The molecule has 0 aromatic carbocycles. The Morgan fingerprint density at radius 1 is 1.09 bits per heavy atom. The third-order valence-electron chi connectivity index (χ3n) is 4.99. The Balaban J connectivity index is 1.55. The van der Waals surface area contributed by atoms with Crippen molar-refractivity contribution >= 4 is 39.7 Å². The fourth-order valence-corrected chi connectivity index (χ4v) is 3.34. The summed E-state index contributed by atoms with van der Waals surface area (Å²) in [6.07, 6.45) is 6.71. The van der Waals surface area contributed by atoms with E-state index in [1.54, 1.807) is 31.6 Å². The monoisotopic (exact) mass is 427 g/mol. The van der Waals surface area contributed by atoms with Crippen LogP contribution < -0.4 is 11.1 Å². The molecule has 0 aliphatic carbocycles. The number of carbonyl (C=O) groups excluding carboxylic acids is 2. The van der Waals surface area contributed by atoms with Gasteiger partial charge in [-0.1, -0.05) is 6.92 Å². The Bertz CT molecular complexity index is 1480. The van der Waals surface area contributed by atoms with Gasteiger partial charge >= 0.3 is 0 Å². The van der Waals surface area contributed by atoms with Crippen LogP contribution in [0, 0.1) is 0 Å². The lowest BCUT2D eigenvalue weighted by molar-refractivity contribution is -0.115. The van der Waals surface area contributed by atoms with Crippen LogP contribution in [0.15, 0.2) is 43.0 Å². The highest BCUT2D eigenvalue weighted by Gasteiger charge is 2.17.